The third-order valence-electron chi connectivity index (χ3n) is 14.5. The lowest BCUT2D eigenvalue weighted by atomic mass is 9.44. The normalized spacial score (nSPS) is 35.0. The molecule has 1 saturated heterocycles. The Morgan fingerprint density at radius 3 is 2.15 bits per heavy atom. The summed E-state index contributed by atoms with van der Waals surface area (Å²) < 4.78 is 43.4. The number of aliphatic hydroxyl groups excluding tert-OH is 2. The first kappa shape index (κ1) is 48.2. The number of benzene rings is 3. The summed E-state index contributed by atoms with van der Waals surface area (Å²) in [4.78, 5) is 85.6. The number of esters is 4. The van der Waals surface area contributed by atoms with E-state index in [-0.39, 0.29) is 48.5 Å². The lowest BCUT2D eigenvalue weighted by Crippen LogP contribution is -2.83. The van der Waals surface area contributed by atoms with Crippen LogP contribution in [-0.4, -0.2) is 118 Å². The molecule has 360 valence electrons. The van der Waals surface area contributed by atoms with E-state index >= 15 is 4.79 Å². The second kappa shape index (κ2) is 18.3. The van der Waals surface area contributed by atoms with Crippen molar-refractivity contribution in [2.75, 3.05) is 13.2 Å². The zero-order valence-corrected chi connectivity index (χ0v) is 38.4. The van der Waals surface area contributed by atoms with Crippen LogP contribution in [0.2, 0.25) is 0 Å². The average Bonchev–Trinajstić information content (AvgIpc) is 3.30. The van der Waals surface area contributed by atoms with Gasteiger partial charge in [-0.15, -0.1) is 0 Å². The number of hydrogen-bond acceptors (Lipinski definition) is 16. The van der Waals surface area contributed by atoms with Crippen molar-refractivity contribution >= 4 is 35.6 Å². The summed E-state index contributed by atoms with van der Waals surface area (Å²) in [6.07, 6.45) is -9.93. The summed E-state index contributed by atoms with van der Waals surface area (Å²) in [6.45, 7) is 7.24. The van der Waals surface area contributed by atoms with Gasteiger partial charge in [-0.05, 0) is 54.8 Å². The minimum absolute atomic E-state index is 0.0181. The van der Waals surface area contributed by atoms with Gasteiger partial charge in [-0.3, -0.25) is 19.2 Å². The Kier molecular flexibility index (Phi) is 13.0. The highest BCUT2D eigenvalue weighted by atomic mass is 16.6. The summed E-state index contributed by atoms with van der Waals surface area (Å²) in [5.41, 5.74) is -7.68. The molecule has 0 unspecified atom stereocenters. The SMILES string of the molecule is CC(=O)O[C@H]1C(=O)[C@@]2(C)[C@H]([C@H](OC(=O)c3ccccc3)[C@]3(O)[C@H]4OC/C=C\OCc5ccccc5C(=O)N[C@@H](c5ccccc5)[C@@H](O)C(=O)O[C@@H]4C(C)=C1C3(C)C)[C@]1(OC(C)=O)CO[C@@H]1C[C@@H]2O. The van der Waals surface area contributed by atoms with Gasteiger partial charge in [0, 0.05) is 36.8 Å². The fourth-order valence-electron chi connectivity index (χ4n) is 11.2. The molecule has 17 heteroatoms. The van der Waals surface area contributed by atoms with Gasteiger partial charge in [0.2, 0.25) is 0 Å². The van der Waals surface area contributed by atoms with Gasteiger partial charge in [0.15, 0.2) is 29.7 Å². The van der Waals surface area contributed by atoms with Crippen LogP contribution in [0.3, 0.4) is 0 Å². The van der Waals surface area contributed by atoms with E-state index in [1.165, 1.54) is 52.2 Å². The van der Waals surface area contributed by atoms with E-state index in [0.717, 1.165) is 13.8 Å². The number of aliphatic hydroxyl groups is 3. The standard InChI is InChI=1S/C51H55NO16/c1-27-36-40(65-28(2)53)42(57)49(6)34(55)24-35-50(26-64-35,68-29(3)54)41(49)44(67-46(59)31-18-11-8-12-19-31)51(61,48(36,4)5)43-39(27)66-47(60)38(56)37(30-16-9-7-10-17-30)52-45(58)33-21-14-13-20-32(33)25-62-22-15-23-63-43/h7-22,34-35,37-41,43-44,55-56,61H,23-26H2,1-6H3,(H,52,58)/b22-15-/t34-,35+,37-,38+,39+,40+,41-,43-,44-,49+,50-,51+/m0/s1. The molecule has 2 aliphatic heterocycles. The van der Waals surface area contributed by atoms with Crippen LogP contribution in [0.5, 0.6) is 0 Å². The monoisotopic (exact) mass is 937 g/mol. The molecule has 2 bridgehead atoms. The number of ether oxygens (including phenoxy) is 7. The number of rotatable bonds is 5. The molecule has 2 saturated carbocycles. The van der Waals surface area contributed by atoms with Crippen molar-refractivity contribution in [1.82, 2.24) is 5.32 Å². The number of ketones is 1. The van der Waals surface area contributed by atoms with Crippen LogP contribution >= 0.6 is 0 Å². The first-order chi connectivity index (χ1) is 32.3. The van der Waals surface area contributed by atoms with Crippen LogP contribution in [0.25, 0.3) is 0 Å². The molecule has 3 aliphatic carbocycles. The highest BCUT2D eigenvalue weighted by Crippen LogP contribution is 2.65. The number of nitrogens with one attached hydrogen (secondary N) is 1. The van der Waals surface area contributed by atoms with Gasteiger partial charge in [-0.1, -0.05) is 80.6 Å². The van der Waals surface area contributed by atoms with E-state index in [4.69, 9.17) is 33.2 Å². The number of amides is 1. The van der Waals surface area contributed by atoms with Gasteiger partial charge in [-0.25, -0.2) is 9.59 Å². The van der Waals surface area contributed by atoms with Crippen LogP contribution in [-0.2, 0) is 58.9 Å². The Morgan fingerprint density at radius 2 is 1.50 bits per heavy atom. The highest BCUT2D eigenvalue weighted by Gasteiger charge is 2.80. The summed E-state index contributed by atoms with van der Waals surface area (Å²) >= 11 is 0. The van der Waals surface area contributed by atoms with E-state index < -0.39 is 112 Å². The van der Waals surface area contributed by atoms with Crippen LogP contribution in [0.4, 0.5) is 0 Å². The number of carbonyl (C=O) groups is 6. The number of carbonyl (C=O) groups excluding carboxylic acids is 6. The first-order valence-electron chi connectivity index (χ1n) is 22.4. The van der Waals surface area contributed by atoms with Gasteiger partial charge >= 0.3 is 23.9 Å². The minimum atomic E-state index is -2.72. The molecule has 8 rings (SSSR count). The largest absolute Gasteiger partial charge is 0.497 e. The van der Waals surface area contributed by atoms with E-state index in [2.05, 4.69) is 5.32 Å². The molecule has 1 amide bonds. The molecule has 2 heterocycles. The fraction of sp³-hybridized carbons (Fsp3) is 0.451. The minimum Gasteiger partial charge on any atom is -0.497 e. The van der Waals surface area contributed by atoms with Crippen molar-refractivity contribution in [2.24, 2.45) is 16.7 Å². The van der Waals surface area contributed by atoms with Crippen molar-refractivity contribution in [2.45, 2.75) is 115 Å². The maximum absolute atomic E-state index is 15.8. The Morgan fingerprint density at radius 1 is 0.838 bits per heavy atom. The van der Waals surface area contributed by atoms with Gasteiger partial charge in [0.05, 0.1) is 48.5 Å². The number of hydrogen-bond donors (Lipinski definition) is 4. The van der Waals surface area contributed by atoms with Crippen molar-refractivity contribution < 1.29 is 77.2 Å². The zero-order valence-electron chi connectivity index (χ0n) is 38.4. The fourth-order valence-corrected chi connectivity index (χ4v) is 11.2. The predicted molar refractivity (Wildman–Crippen MR) is 237 cm³/mol. The topological polar surface area (TPSA) is 240 Å². The predicted octanol–water partition coefficient (Wildman–Crippen LogP) is 3.77. The average molecular weight is 938 g/mol. The summed E-state index contributed by atoms with van der Waals surface area (Å²) in [7, 11) is 0. The highest BCUT2D eigenvalue weighted by molar-refractivity contribution is 5.97. The molecule has 0 radical (unpaired) electrons. The Hall–Kier alpha value is -6.24. The molecular weight excluding hydrogens is 883 g/mol. The third-order valence-corrected chi connectivity index (χ3v) is 14.5. The van der Waals surface area contributed by atoms with Crippen LogP contribution in [0, 0.1) is 16.7 Å². The van der Waals surface area contributed by atoms with Gasteiger partial charge in [-0.2, -0.15) is 0 Å². The first-order valence-corrected chi connectivity index (χ1v) is 22.4. The summed E-state index contributed by atoms with van der Waals surface area (Å²) in [5, 5.41) is 41.5. The Balaban J connectivity index is 1.39. The quantitative estimate of drug-likeness (QED) is 0.162. The van der Waals surface area contributed by atoms with E-state index in [9.17, 15) is 39.3 Å². The smallest absolute Gasteiger partial charge is 0.338 e. The molecule has 17 nitrogen and oxygen atoms in total. The third kappa shape index (κ3) is 7.89. The number of Topliss-reactive ketones (excluding diaryl/α,β-unsaturated/α-hetero) is 1. The van der Waals surface area contributed by atoms with Crippen molar-refractivity contribution in [1.29, 1.82) is 0 Å². The lowest BCUT2D eigenvalue weighted by molar-refractivity contribution is -0.353. The van der Waals surface area contributed by atoms with Gasteiger partial charge < -0.3 is 53.8 Å². The van der Waals surface area contributed by atoms with Crippen LogP contribution < -0.4 is 5.32 Å². The van der Waals surface area contributed by atoms with Crippen molar-refractivity contribution in [3.05, 3.63) is 131 Å². The Bertz CT molecular complexity index is 2540. The second-order valence-electron chi connectivity index (χ2n) is 18.7. The molecule has 5 aliphatic rings. The van der Waals surface area contributed by atoms with Crippen molar-refractivity contribution in [3.63, 3.8) is 0 Å². The molecule has 3 fully saturated rings. The van der Waals surface area contributed by atoms with Crippen LogP contribution in [0.1, 0.15) is 85.8 Å². The molecular formula is C51H55NO16. The van der Waals surface area contributed by atoms with E-state index in [1.54, 1.807) is 72.8 Å². The molecule has 68 heavy (non-hydrogen) atoms. The lowest BCUT2D eigenvalue weighted by Gasteiger charge is -2.68. The van der Waals surface area contributed by atoms with E-state index in [1.807, 2.05) is 0 Å². The zero-order chi connectivity index (χ0) is 48.9. The molecule has 4 N–H and O–H groups in total. The summed E-state index contributed by atoms with van der Waals surface area (Å²) in [5.74, 6) is -7.31. The second-order valence-corrected chi connectivity index (χ2v) is 18.7. The molecule has 3 aromatic rings. The van der Waals surface area contributed by atoms with Gasteiger partial charge in [0.25, 0.3) is 5.91 Å². The van der Waals surface area contributed by atoms with Crippen LogP contribution in [0.15, 0.2) is 108 Å². The maximum atomic E-state index is 15.8. The number of fused-ring (bicyclic) bond motifs is 8. The molecule has 12 atom stereocenters. The molecule has 0 aromatic heterocycles. The van der Waals surface area contributed by atoms with Gasteiger partial charge in [0.1, 0.15) is 30.5 Å². The van der Waals surface area contributed by atoms with E-state index in [0.29, 0.717) is 11.1 Å². The maximum Gasteiger partial charge on any atom is 0.338 e. The summed E-state index contributed by atoms with van der Waals surface area (Å²) in [6, 6.07) is 21.1. The molecule has 0 spiro atoms. The van der Waals surface area contributed by atoms with Crippen molar-refractivity contribution in [3.8, 4) is 0 Å². The molecule has 3 aromatic carbocycles. The Labute approximate surface area is 392 Å².